The van der Waals surface area contributed by atoms with Gasteiger partial charge in [-0.15, -0.1) is 0 Å². The van der Waals surface area contributed by atoms with E-state index in [1.807, 2.05) is 11.8 Å². The van der Waals surface area contributed by atoms with Crippen molar-refractivity contribution in [2.24, 2.45) is 4.99 Å². The molecule has 0 saturated carbocycles. The van der Waals surface area contributed by atoms with Gasteiger partial charge in [-0.25, -0.2) is 0 Å². The Labute approximate surface area is 102 Å². The van der Waals surface area contributed by atoms with Gasteiger partial charge < -0.3 is 10.1 Å². The van der Waals surface area contributed by atoms with Crippen molar-refractivity contribution < 1.29 is 4.74 Å². The molecule has 1 N–H and O–H groups in total. The molecule has 0 aromatic heterocycles. The number of hydrogen-bond acceptors (Lipinski definition) is 3. The highest BCUT2D eigenvalue weighted by Gasteiger charge is 2.39. The average molecular weight is 242 g/mol. The van der Waals surface area contributed by atoms with Crippen LogP contribution < -0.4 is 5.32 Å². The Morgan fingerprint density at radius 2 is 2.31 bits per heavy atom. The topological polar surface area (TPSA) is 33.6 Å². The summed E-state index contributed by atoms with van der Waals surface area (Å²) in [5.41, 5.74) is 0.191. The summed E-state index contributed by atoms with van der Waals surface area (Å²) in [4.78, 5) is 4.87. The Morgan fingerprint density at radius 1 is 1.56 bits per heavy atom. The highest BCUT2D eigenvalue weighted by Crippen LogP contribution is 2.33. The summed E-state index contributed by atoms with van der Waals surface area (Å²) >= 11 is 1.84. The fraction of sp³-hybridized carbons (Fsp3) is 0.917. The molecule has 0 spiro atoms. The van der Waals surface area contributed by atoms with Gasteiger partial charge in [0.05, 0.1) is 11.6 Å². The Bertz CT molecular complexity index is 307. The molecule has 3 atom stereocenters. The maximum atomic E-state index is 5.61. The lowest BCUT2D eigenvalue weighted by Crippen LogP contribution is -2.41. The molecule has 16 heavy (non-hydrogen) atoms. The molecule has 0 radical (unpaired) electrons. The number of amidine groups is 1. The summed E-state index contributed by atoms with van der Waals surface area (Å²) in [5, 5.41) is 4.65. The Kier molecular flexibility index (Phi) is 3.23. The van der Waals surface area contributed by atoms with Crippen LogP contribution in [0.25, 0.3) is 0 Å². The standard InChI is InChI=1S/C12H22N2OS/c1-5-11(3)8-16-10(13-11)14-12(4)6-7-15-9(12)2/h9H,5-8H2,1-4H3,(H,13,14). The van der Waals surface area contributed by atoms with Crippen molar-refractivity contribution in [2.75, 3.05) is 12.4 Å². The maximum Gasteiger partial charge on any atom is 0.157 e. The Balaban J connectivity index is 2.09. The van der Waals surface area contributed by atoms with Crippen LogP contribution in [0.2, 0.25) is 0 Å². The van der Waals surface area contributed by atoms with E-state index in [0.29, 0.717) is 0 Å². The molecule has 2 heterocycles. The van der Waals surface area contributed by atoms with Crippen molar-refractivity contribution in [1.82, 2.24) is 5.32 Å². The predicted octanol–water partition coefficient (Wildman–Crippen LogP) is 2.42. The van der Waals surface area contributed by atoms with Crippen LogP contribution in [-0.4, -0.2) is 34.7 Å². The quantitative estimate of drug-likeness (QED) is 0.807. The van der Waals surface area contributed by atoms with Gasteiger partial charge in [0.25, 0.3) is 0 Å². The molecule has 2 aliphatic rings. The van der Waals surface area contributed by atoms with Gasteiger partial charge in [0.2, 0.25) is 0 Å². The van der Waals surface area contributed by atoms with E-state index in [1.165, 1.54) is 0 Å². The van der Waals surface area contributed by atoms with E-state index in [4.69, 9.17) is 9.73 Å². The second-order valence-electron chi connectivity index (χ2n) is 5.37. The minimum Gasteiger partial charge on any atom is -0.376 e. The lowest BCUT2D eigenvalue weighted by molar-refractivity contribution is 0.101. The molecule has 0 aliphatic carbocycles. The number of nitrogens with zero attached hydrogens (tertiary/aromatic N) is 1. The van der Waals surface area contributed by atoms with Crippen molar-refractivity contribution >= 4 is 16.9 Å². The zero-order valence-corrected chi connectivity index (χ0v) is 11.5. The van der Waals surface area contributed by atoms with Crippen LogP contribution >= 0.6 is 11.8 Å². The summed E-state index contributed by atoms with van der Waals surface area (Å²) < 4.78 is 5.61. The fourth-order valence-electron chi connectivity index (χ4n) is 2.01. The summed E-state index contributed by atoms with van der Waals surface area (Å²) in [6.07, 6.45) is 2.40. The fourth-order valence-corrected chi connectivity index (χ4v) is 3.34. The van der Waals surface area contributed by atoms with E-state index in [2.05, 4.69) is 33.0 Å². The molecule has 3 unspecified atom stereocenters. The van der Waals surface area contributed by atoms with E-state index in [0.717, 1.165) is 30.4 Å². The Morgan fingerprint density at radius 3 is 2.81 bits per heavy atom. The van der Waals surface area contributed by atoms with Gasteiger partial charge in [-0.05, 0) is 33.6 Å². The van der Waals surface area contributed by atoms with Crippen molar-refractivity contribution in [1.29, 1.82) is 0 Å². The lowest BCUT2D eigenvalue weighted by Gasteiger charge is -2.25. The normalized spacial score (nSPS) is 46.2. The van der Waals surface area contributed by atoms with E-state index in [9.17, 15) is 0 Å². The first-order chi connectivity index (χ1) is 7.47. The van der Waals surface area contributed by atoms with Gasteiger partial charge in [0.15, 0.2) is 5.17 Å². The minimum atomic E-state index is -0.0334. The van der Waals surface area contributed by atoms with E-state index in [-0.39, 0.29) is 17.2 Å². The van der Waals surface area contributed by atoms with Gasteiger partial charge in [-0.1, -0.05) is 18.7 Å². The minimum absolute atomic E-state index is 0.0334. The van der Waals surface area contributed by atoms with E-state index >= 15 is 0 Å². The molecular weight excluding hydrogens is 220 g/mol. The molecule has 0 amide bonds. The third kappa shape index (κ3) is 2.23. The lowest BCUT2D eigenvalue weighted by atomic mass is 9.96. The Hall–Kier alpha value is -0.220. The molecule has 4 heteroatoms. The van der Waals surface area contributed by atoms with Gasteiger partial charge in [-0.3, -0.25) is 4.99 Å². The molecule has 2 fully saturated rings. The van der Waals surface area contributed by atoms with Crippen molar-refractivity contribution in [2.45, 2.75) is 57.7 Å². The highest BCUT2D eigenvalue weighted by atomic mass is 32.2. The third-order valence-corrected chi connectivity index (χ3v) is 5.17. The molecular formula is C12H22N2OS. The van der Waals surface area contributed by atoms with Gasteiger partial charge >= 0.3 is 0 Å². The van der Waals surface area contributed by atoms with Gasteiger partial charge in [-0.2, -0.15) is 0 Å². The van der Waals surface area contributed by atoms with Crippen LogP contribution in [0.1, 0.15) is 40.5 Å². The number of hydrogen-bond donors (Lipinski definition) is 1. The zero-order chi connectivity index (χ0) is 11.8. The van der Waals surface area contributed by atoms with Gasteiger partial charge in [0, 0.05) is 17.9 Å². The van der Waals surface area contributed by atoms with Crippen LogP contribution in [0.15, 0.2) is 4.99 Å². The summed E-state index contributed by atoms with van der Waals surface area (Å²) in [6.45, 7) is 9.64. The molecule has 2 saturated heterocycles. The first-order valence-corrected chi connectivity index (χ1v) is 7.08. The van der Waals surface area contributed by atoms with Crippen LogP contribution in [0.4, 0.5) is 0 Å². The van der Waals surface area contributed by atoms with Crippen LogP contribution in [0.5, 0.6) is 0 Å². The SMILES string of the molecule is CCC1(C)CSC(=NC2(C)CCOC2C)N1. The number of thioether (sulfide) groups is 1. The summed E-state index contributed by atoms with van der Waals surface area (Å²) in [6, 6.07) is 0. The molecule has 2 rings (SSSR count). The van der Waals surface area contributed by atoms with Crippen molar-refractivity contribution in [3.8, 4) is 0 Å². The molecule has 2 aliphatic heterocycles. The first kappa shape index (κ1) is 12.2. The second kappa shape index (κ2) is 4.22. The molecule has 0 aromatic rings. The summed E-state index contributed by atoms with van der Waals surface area (Å²) in [7, 11) is 0. The summed E-state index contributed by atoms with van der Waals surface area (Å²) in [5.74, 6) is 1.12. The molecule has 0 aromatic carbocycles. The van der Waals surface area contributed by atoms with E-state index < -0.39 is 0 Å². The average Bonchev–Trinajstić information content (AvgIpc) is 2.74. The predicted molar refractivity (Wildman–Crippen MR) is 70.2 cm³/mol. The number of ether oxygens (including phenoxy) is 1. The number of nitrogens with one attached hydrogen (secondary N) is 1. The zero-order valence-electron chi connectivity index (χ0n) is 10.7. The molecule has 92 valence electrons. The highest BCUT2D eigenvalue weighted by molar-refractivity contribution is 8.14. The third-order valence-electron chi connectivity index (χ3n) is 3.93. The molecule has 3 nitrogen and oxygen atoms in total. The first-order valence-electron chi connectivity index (χ1n) is 6.10. The smallest absolute Gasteiger partial charge is 0.157 e. The van der Waals surface area contributed by atoms with Gasteiger partial charge in [0.1, 0.15) is 0 Å². The van der Waals surface area contributed by atoms with Crippen molar-refractivity contribution in [3.05, 3.63) is 0 Å². The van der Waals surface area contributed by atoms with Crippen LogP contribution in [-0.2, 0) is 4.74 Å². The van der Waals surface area contributed by atoms with Crippen LogP contribution in [0.3, 0.4) is 0 Å². The maximum absolute atomic E-state index is 5.61. The second-order valence-corrected chi connectivity index (χ2v) is 6.33. The molecule has 0 bridgehead atoms. The number of rotatable bonds is 2. The van der Waals surface area contributed by atoms with Crippen molar-refractivity contribution in [3.63, 3.8) is 0 Å². The number of aliphatic imine (C=N–C) groups is 1. The van der Waals surface area contributed by atoms with E-state index in [1.54, 1.807) is 0 Å². The largest absolute Gasteiger partial charge is 0.376 e. The van der Waals surface area contributed by atoms with Crippen LogP contribution in [0, 0.1) is 0 Å². The monoisotopic (exact) mass is 242 g/mol.